The van der Waals surface area contributed by atoms with Gasteiger partial charge in [-0.25, -0.2) is 4.68 Å². The zero-order valence-corrected chi connectivity index (χ0v) is 20.0. The summed E-state index contributed by atoms with van der Waals surface area (Å²) in [5, 5.41) is 27.9. The number of benzene rings is 2. The lowest BCUT2D eigenvalue weighted by Crippen LogP contribution is -2.47. The summed E-state index contributed by atoms with van der Waals surface area (Å²) in [6.07, 6.45) is -1.44. The number of hydrogen-bond donors (Lipinski definition) is 2. The second-order valence-corrected chi connectivity index (χ2v) is 9.38. The summed E-state index contributed by atoms with van der Waals surface area (Å²) in [5.41, 5.74) is -0.390. The zero-order chi connectivity index (χ0) is 26.8. The van der Waals surface area contributed by atoms with Crippen LogP contribution >= 0.6 is 0 Å². The SMILES string of the molecule is C[C@@](O)(CO)[C@H]1CCCN(Cc2ccc(-c3cn(-c4ccc(C(F)(F)F)cc4)nn3)cc2OC(F)F)C1. The molecule has 0 unspecified atom stereocenters. The van der Waals surface area contributed by atoms with Crippen molar-refractivity contribution in [3.8, 4) is 22.7 Å². The molecular weight excluding hydrogens is 499 g/mol. The highest BCUT2D eigenvalue weighted by Crippen LogP contribution is 2.33. The van der Waals surface area contributed by atoms with Crippen LogP contribution in [0.4, 0.5) is 22.0 Å². The maximum atomic E-state index is 13.2. The molecule has 0 amide bonds. The van der Waals surface area contributed by atoms with Crippen molar-refractivity contribution in [1.29, 1.82) is 0 Å². The van der Waals surface area contributed by atoms with E-state index in [0.29, 0.717) is 42.1 Å². The summed E-state index contributed by atoms with van der Waals surface area (Å²) in [7, 11) is 0. The quantitative estimate of drug-likeness (QED) is 0.421. The van der Waals surface area contributed by atoms with E-state index in [1.165, 1.54) is 29.1 Å². The standard InChI is InChI=1S/C25H27F5N4O3/c1-24(36,15-35)19-3-2-10-33(13-19)12-17-5-4-16(11-22(17)37-23(26)27)21-14-34(32-31-21)20-8-6-18(7-9-20)25(28,29)30/h4-9,11,14,19,23,35-36H,2-3,10,12-13,15H2,1H3/t19-,24+/m0/s1. The number of rotatable bonds is 8. The highest BCUT2D eigenvalue weighted by molar-refractivity contribution is 5.62. The Hall–Kier alpha value is -3.09. The molecule has 0 spiro atoms. The van der Waals surface area contributed by atoms with Gasteiger partial charge in [0.2, 0.25) is 0 Å². The van der Waals surface area contributed by atoms with Gasteiger partial charge in [-0.05, 0) is 56.6 Å². The smallest absolute Gasteiger partial charge is 0.416 e. The highest BCUT2D eigenvalue weighted by atomic mass is 19.4. The summed E-state index contributed by atoms with van der Waals surface area (Å²) >= 11 is 0. The van der Waals surface area contributed by atoms with Crippen molar-refractivity contribution in [3.05, 3.63) is 59.8 Å². The molecule has 2 atom stereocenters. The molecule has 2 N–H and O–H groups in total. The third-order valence-electron chi connectivity index (χ3n) is 6.63. The molecule has 0 radical (unpaired) electrons. The Labute approximate surface area is 210 Å². The van der Waals surface area contributed by atoms with Crippen LogP contribution in [0.15, 0.2) is 48.7 Å². The third kappa shape index (κ3) is 6.43. The van der Waals surface area contributed by atoms with E-state index in [4.69, 9.17) is 4.74 Å². The lowest BCUT2D eigenvalue weighted by molar-refractivity contribution is -0.137. The van der Waals surface area contributed by atoms with Gasteiger partial charge < -0.3 is 14.9 Å². The summed E-state index contributed by atoms with van der Waals surface area (Å²) in [4.78, 5) is 2.02. The first-order valence-electron chi connectivity index (χ1n) is 11.7. The summed E-state index contributed by atoms with van der Waals surface area (Å²) in [6, 6.07) is 9.15. The van der Waals surface area contributed by atoms with Crippen molar-refractivity contribution in [2.45, 2.75) is 44.7 Å². The molecule has 0 aliphatic carbocycles. The van der Waals surface area contributed by atoms with Gasteiger partial charge in [-0.1, -0.05) is 17.3 Å². The van der Waals surface area contributed by atoms with Crippen molar-refractivity contribution in [2.75, 3.05) is 19.7 Å². The van der Waals surface area contributed by atoms with Crippen LogP contribution in [0.25, 0.3) is 16.9 Å². The number of halogens is 5. The Morgan fingerprint density at radius 3 is 2.51 bits per heavy atom. The van der Waals surface area contributed by atoms with E-state index >= 15 is 0 Å². The maximum Gasteiger partial charge on any atom is 0.416 e. The van der Waals surface area contributed by atoms with Crippen LogP contribution in [-0.2, 0) is 12.7 Å². The van der Waals surface area contributed by atoms with Gasteiger partial charge in [-0.15, -0.1) is 5.10 Å². The minimum absolute atomic E-state index is 0.0346. The number of hydrogen-bond acceptors (Lipinski definition) is 6. The first-order chi connectivity index (χ1) is 17.5. The van der Waals surface area contributed by atoms with Gasteiger partial charge >= 0.3 is 12.8 Å². The number of ether oxygens (including phenoxy) is 1. The molecule has 2 heterocycles. The monoisotopic (exact) mass is 526 g/mol. The molecule has 200 valence electrons. The number of aliphatic hydroxyl groups is 2. The Kier molecular flexibility index (Phi) is 7.81. The number of likely N-dealkylation sites (tertiary alicyclic amines) is 1. The summed E-state index contributed by atoms with van der Waals surface area (Å²) in [6.45, 7) is -0.341. The van der Waals surface area contributed by atoms with Crippen LogP contribution in [-0.4, -0.2) is 62.0 Å². The topological polar surface area (TPSA) is 83.6 Å². The van der Waals surface area contributed by atoms with Crippen molar-refractivity contribution in [1.82, 2.24) is 19.9 Å². The van der Waals surface area contributed by atoms with Crippen molar-refractivity contribution >= 4 is 0 Å². The van der Waals surface area contributed by atoms with Gasteiger partial charge in [-0.3, -0.25) is 4.90 Å². The lowest BCUT2D eigenvalue weighted by Gasteiger charge is -2.39. The van der Waals surface area contributed by atoms with Crippen LogP contribution in [0.3, 0.4) is 0 Å². The van der Waals surface area contributed by atoms with Crippen LogP contribution in [0.5, 0.6) is 5.75 Å². The normalized spacial score (nSPS) is 18.7. The predicted octanol–water partition coefficient (Wildman–Crippen LogP) is 4.51. The molecule has 7 nitrogen and oxygen atoms in total. The van der Waals surface area contributed by atoms with Crippen molar-refractivity contribution < 1.29 is 36.9 Å². The van der Waals surface area contributed by atoms with E-state index in [1.807, 2.05) is 4.90 Å². The van der Waals surface area contributed by atoms with Gasteiger partial charge in [0.05, 0.1) is 29.7 Å². The molecule has 1 aromatic heterocycles. The first kappa shape index (κ1) is 27.0. The minimum atomic E-state index is -4.46. The number of nitrogens with zero attached hydrogens (tertiary/aromatic N) is 4. The molecule has 37 heavy (non-hydrogen) atoms. The summed E-state index contributed by atoms with van der Waals surface area (Å²) in [5.74, 6) is -0.196. The molecule has 0 bridgehead atoms. The zero-order valence-electron chi connectivity index (χ0n) is 20.0. The Balaban J connectivity index is 1.54. The van der Waals surface area contributed by atoms with Gasteiger partial charge in [0.15, 0.2) is 0 Å². The third-order valence-corrected chi connectivity index (χ3v) is 6.63. The van der Waals surface area contributed by atoms with Crippen molar-refractivity contribution in [2.24, 2.45) is 5.92 Å². The fourth-order valence-corrected chi connectivity index (χ4v) is 4.45. The van der Waals surface area contributed by atoms with Crippen LogP contribution in [0.2, 0.25) is 0 Å². The van der Waals surface area contributed by atoms with E-state index in [2.05, 4.69) is 10.3 Å². The van der Waals surface area contributed by atoms with Gasteiger partial charge in [0, 0.05) is 30.1 Å². The molecule has 1 aliphatic rings. The molecule has 1 aliphatic heterocycles. The average Bonchev–Trinajstić information content (AvgIpc) is 3.35. The van der Waals surface area contributed by atoms with E-state index in [0.717, 1.165) is 25.0 Å². The lowest BCUT2D eigenvalue weighted by atomic mass is 9.83. The highest BCUT2D eigenvalue weighted by Gasteiger charge is 2.35. The Bertz CT molecular complexity index is 1200. The number of piperidine rings is 1. The van der Waals surface area contributed by atoms with Crippen LogP contribution < -0.4 is 4.74 Å². The molecule has 3 aromatic rings. The Morgan fingerprint density at radius 1 is 1.14 bits per heavy atom. The molecule has 1 fully saturated rings. The molecule has 12 heteroatoms. The Morgan fingerprint density at radius 2 is 1.86 bits per heavy atom. The molecule has 4 rings (SSSR count). The van der Waals surface area contributed by atoms with E-state index in [-0.39, 0.29) is 18.3 Å². The second kappa shape index (κ2) is 10.7. The van der Waals surface area contributed by atoms with Crippen molar-refractivity contribution in [3.63, 3.8) is 0 Å². The largest absolute Gasteiger partial charge is 0.434 e. The van der Waals surface area contributed by atoms with Gasteiger partial charge in [0.1, 0.15) is 11.4 Å². The first-order valence-corrected chi connectivity index (χ1v) is 11.7. The number of aromatic nitrogens is 3. The average molecular weight is 527 g/mol. The van der Waals surface area contributed by atoms with E-state index in [9.17, 15) is 32.2 Å². The van der Waals surface area contributed by atoms with Crippen LogP contribution in [0.1, 0.15) is 30.9 Å². The van der Waals surface area contributed by atoms with E-state index in [1.54, 1.807) is 19.1 Å². The van der Waals surface area contributed by atoms with Crippen LogP contribution in [0, 0.1) is 5.92 Å². The van der Waals surface area contributed by atoms with Gasteiger partial charge in [-0.2, -0.15) is 22.0 Å². The molecule has 0 saturated carbocycles. The second-order valence-electron chi connectivity index (χ2n) is 9.38. The molecule has 2 aromatic carbocycles. The fourth-order valence-electron chi connectivity index (χ4n) is 4.45. The predicted molar refractivity (Wildman–Crippen MR) is 124 cm³/mol. The molecule has 1 saturated heterocycles. The summed E-state index contributed by atoms with van der Waals surface area (Å²) < 4.78 is 71.0. The number of alkyl halides is 5. The number of aliphatic hydroxyl groups excluding tert-OH is 1. The maximum absolute atomic E-state index is 13.2. The van der Waals surface area contributed by atoms with Gasteiger partial charge in [0.25, 0.3) is 0 Å². The molecular formula is C25H27F5N4O3. The minimum Gasteiger partial charge on any atom is -0.434 e. The fraction of sp³-hybridized carbons (Fsp3) is 0.440. The van der Waals surface area contributed by atoms with E-state index < -0.39 is 24.0 Å².